The monoisotopic (exact) mass is 228 g/mol. The number of halogens is 1. The summed E-state index contributed by atoms with van der Waals surface area (Å²) in [4.78, 5) is 13.8. The average Bonchev–Trinajstić information content (AvgIpc) is 2.27. The van der Waals surface area contributed by atoms with Crippen molar-refractivity contribution in [1.29, 1.82) is 0 Å². The maximum atomic E-state index is 13.0. The molecule has 86 valence electrons. The minimum atomic E-state index is -1.45. The lowest BCUT2D eigenvalue weighted by atomic mass is 10.4. The van der Waals surface area contributed by atoms with E-state index in [0.717, 1.165) is 0 Å². The highest BCUT2D eigenvalue weighted by atomic mass is 19.1. The summed E-state index contributed by atoms with van der Waals surface area (Å²) >= 11 is 0. The Morgan fingerprint density at radius 1 is 1.62 bits per heavy atom. The molecule has 1 aromatic heterocycles. The van der Waals surface area contributed by atoms with E-state index in [-0.39, 0.29) is 5.75 Å². The highest BCUT2D eigenvalue weighted by Crippen LogP contribution is 2.15. The maximum Gasteiger partial charge on any atom is 0.357 e. The Labute approximate surface area is 89.5 Å². The molecule has 0 aromatic carbocycles. The van der Waals surface area contributed by atoms with Crippen LogP contribution in [0.15, 0.2) is 29.9 Å². The minimum absolute atomic E-state index is 0.292. The van der Waals surface area contributed by atoms with Gasteiger partial charge >= 0.3 is 5.97 Å². The molecule has 0 unspecified atom stereocenters. The number of aromatic nitrogens is 1. The number of nitrogens with zero attached hydrogens (tertiary/aromatic N) is 1. The van der Waals surface area contributed by atoms with Crippen molar-refractivity contribution in [2.24, 2.45) is 11.6 Å². The number of carboxylic acid groups (broad SMARTS) is 1. The zero-order valence-corrected chi connectivity index (χ0v) is 7.98. The van der Waals surface area contributed by atoms with Gasteiger partial charge in [-0.3, -0.25) is 5.43 Å². The van der Waals surface area contributed by atoms with Gasteiger partial charge in [-0.2, -0.15) is 4.39 Å². The van der Waals surface area contributed by atoms with E-state index >= 15 is 0 Å². The van der Waals surface area contributed by atoms with Crippen LogP contribution in [0.2, 0.25) is 0 Å². The van der Waals surface area contributed by atoms with Gasteiger partial charge in [-0.05, 0) is 12.1 Å². The molecule has 8 heteroatoms. The van der Waals surface area contributed by atoms with E-state index in [2.05, 4.69) is 4.98 Å². The van der Waals surface area contributed by atoms with Gasteiger partial charge in [0.25, 0.3) is 5.95 Å². The summed E-state index contributed by atoms with van der Waals surface area (Å²) < 4.78 is 17.9. The highest BCUT2D eigenvalue weighted by Gasteiger charge is 2.14. The molecule has 0 bridgehead atoms. The maximum absolute atomic E-state index is 13.0. The van der Waals surface area contributed by atoms with Crippen molar-refractivity contribution in [1.82, 2.24) is 10.4 Å². The number of nitrogens with one attached hydrogen (secondary N) is 1. The third-order valence-electron chi connectivity index (χ3n) is 1.54. The fraction of sp³-hybridized carbons (Fsp3) is 0. The number of hydrazine groups is 1. The van der Waals surface area contributed by atoms with Crippen LogP contribution in [-0.4, -0.2) is 16.1 Å². The SMILES string of the molecule is NN/C(Oc1cccnc1F)=C(\N)C(=O)O. The van der Waals surface area contributed by atoms with Crippen molar-refractivity contribution in [3.8, 4) is 5.75 Å². The quantitative estimate of drug-likeness (QED) is 0.176. The van der Waals surface area contributed by atoms with E-state index in [0.29, 0.717) is 0 Å². The summed E-state index contributed by atoms with van der Waals surface area (Å²) in [6, 6.07) is 2.65. The third kappa shape index (κ3) is 2.58. The Bertz CT molecular complexity index is 435. The fourth-order valence-electron chi connectivity index (χ4n) is 0.817. The number of carbonyl (C=O) groups is 1. The van der Waals surface area contributed by atoms with Gasteiger partial charge in [-0.25, -0.2) is 15.6 Å². The Morgan fingerprint density at radius 2 is 2.31 bits per heavy atom. The molecule has 0 fully saturated rings. The van der Waals surface area contributed by atoms with E-state index in [1.165, 1.54) is 18.3 Å². The lowest BCUT2D eigenvalue weighted by molar-refractivity contribution is -0.132. The molecule has 0 spiro atoms. The summed E-state index contributed by atoms with van der Waals surface area (Å²) in [5.41, 5.74) is 6.38. The van der Waals surface area contributed by atoms with Crippen molar-refractivity contribution in [3.63, 3.8) is 0 Å². The van der Waals surface area contributed by atoms with Crippen LogP contribution in [0, 0.1) is 5.95 Å². The Hall–Kier alpha value is -2.35. The predicted molar refractivity (Wildman–Crippen MR) is 51.0 cm³/mol. The van der Waals surface area contributed by atoms with Crippen LogP contribution in [0.5, 0.6) is 5.75 Å². The summed E-state index contributed by atoms with van der Waals surface area (Å²) in [5, 5.41) is 8.56. The van der Waals surface area contributed by atoms with E-state index < -0.39 is 23.5 Å². The van der Waals surface area contributed by atoms with Crippen LogP contribution in [0.1, 0.15) is 0 Å². The normalized spacial score (nSPS) is 11.6. The van der Waals surface area contributed by atoms with E-state index in [1.54, 1.807) is 0 Å². The first-order valence-corrected chi connectivity index (χ1v) is 4.04. The minimum Gasteiger partial charge on any atom is -0.476 e. The number of hydrogen-bond acceptors (Lipinski definition) is 6. The first kappa shape index (κ1) is 11.7. The lowest BCUT2D eigenvalue weighted by Gasteiger charge is -2.10. The Balaban J connectivity index is 3.00. The second kappa shape index (κ2) is 4.94. The van der Waals surface area contributed by atoms with Gasteiger partial charge in [0.15, 0.2) is 11.4 Å². The van der Waals surface area contributed by atoms with E-state index in [1.807, 2.05) is 5.43 Å². The molecule has 0 aliphatic rings. The van der Waals surface area contributed by atoms with Gasteiger partial charge in [0.1, 0.15) is 0 Å². The predicted octanol–water partition coefficient (Wildman–Crippen LogP) is -0.725. The van der Waals surface area contributed by atoms with Crippen molar-refractivity contribution in [2.75, 3.05) is 0 Å². The molecular weight excluding hydrogens is 219 g/mol. The van der Waals surface area contributed by atoms with Crippen LogP contribution in [-0.2, 0) is 4.79 Å². The number of pyridine rings is 1. The number of hydrogen-bond donors (Lipinski definition) is 4. The molecule has 1 rings (SSSR count). The van der Waals surface area contributed by atoms with Gasteiger partial charge < -0.3 is 15.6 Å². The summed E-state index contributed by atoms with van der Waals surface area (Å²) in [5.74, 6) is 1.87. The first-order chi connectivity index (χ1) is 7.56. The lowest BCUT2D eigenvalue weighted by Crippen LogP contribution is -2.31. The van der Waals surface area contributed by atoms with Gasteiger partial charge in [0, 0.05) is 6.20 Å². The first-order valence-electron chi connectivity index (χ1n) is 4.04. The summed E-state index contributed by atoms with van der Waals surface area (Å²) in [7, 11) is 0. The van der Waals surface area contributed by atoms with Crippen molar-refractivity contribution < 1.29 is 19.0 Å². The molecule has 0 radical (unpaired) electrons. The standard InChI is InChI=1S/C8H9FN4O3/c9-6-4(2-1-3-12-6)16-7(13-11)5(10)8(14)15/h1-3,13H,10-11H2,(H,14,15)/b7-5+. The number of carboxylic acids is 1. The molecule has 0 atom stereocenters. The average molecular weight is 228 g/mol. The second-order valence-electron chi connectivity index (χ2n) is 2.59. The zero-order valence-electron chi connectivity index (χ0n) is 7.98. The van der Waals surface area contributed by atoms with Gasteiger partial charge in [0.2, 0.25) is 5.88 Å². The molecule has 0 saturated carbocycles. The van der Waals surface area contributed by atoms with Gasteiger partial charge in [-0.1, -0.05) is 0 Å². The van der Waals surface area contributed by atoms with E-state index in [4.69, 9.17) is 21.4 Å². The Morgan fingerprint density at radius 3 is 2.81 bits per heavy atom. The van der Waals surface area contributed by atoms with E-state index in [9.17, 15) is 9.18 Å². The number of ether oxygens (including phenoxy) is 1. The van der Waals surface area contributed by atoms with Crippen LogP contribution >= 0.6 is 0 Å². The summed E-state index contributed by atoms with van der Waals surface area (Å²) in [6.45, 7) is 0. The molecular formula is C8H9FN4O3. The van der Waals surface area contributed by atoms with Gasteiger partial charge in [0.05, 0.1) is 0 Å². The van der Waals surface area contributed by atoms with Crippen molar-refractivity contribution >= 4 is 5.97 Å². The van der Waals surface area contributed by atoms with Crippen LogP contribution in [0.4, 0.5) is 4.39 Å². The molecule has 6 N–H and O–H groups in total. The number of aliphatic carboxylic acids is 1. The molecule has 1 aromatic rings. The molecule has 0 saturated heterocycles. The molecule has 16 heavy (non-hydrogen) atoms. The van der Waals surface area contributed by atoms with Crippen LogP contribution < -0.4 is 21.7 Å². The molecule has 0 amide bonds. The van der Waals surface area contributed by atoms with Crippen LogP contribution in [0.25, 0.3) is 0 Å². The smallest absolute Gasteiger partial charge is 0.357 e. The van der Waals surface area contributed by atoms with Crippen molar-refractivity contribution in [2.45, 2.75) is 0 Å². The molecule has 1 heterocycles. The number of nitrogens with two attached hydrogens (primary N) is 2. The highest BCUT2D eigenvalue weighted by molar-refractivity contribution is 5.85. The second-order valence-corrected chi connectivity index (χ2v) is 2.59. The molecule has 7 nitrogen and oxygen atoms in total. The number of rotatable bonds is 4. The summed E-state index contributed by atoms with van der Waals surface area (Å²) in [6.07, 6.45) is 1.21. The topological polar surface area (TPSA) is 123 Å². The third-order valence-corrected chi connectivity index (χ3v) is 1.54. The molecule has 0 aliphatic carbocycles. The Kier molecular flexibility index (Phi) is 3.62. The molecule has 0 aliphatic heterocycles. The fourth-order valence-corrected chi connectivity index (χ4v) is 0.817. The largest absolute Gasteiger partial charge is 0.476 e. The van der Waals surface area contributed by atoms with Crippen molar-refractivity contribution in [3.05, 3.63) is 35.9 Å². The zero-order chi connectivity index (χ0) is 12.1. The van der Waals surface area contributed by atoms with Crippen LogP contribution in [0.3, 0.4) is 0 Å². The van der Waals surface area contributed by atoms with Gasteiger partial charge in [-0.15, -0.1) is 0 Å².